The zero-order valence-electron chi connectivity index (χ0n) is 6.16. The van der Waals surface area contributed by atoms with Crippen LogP contribution in [0.25, 0.3) is 0 Å². The molecular weight excluding hydrogens is 130 g/mol. The highest BCUT2D eigenvalue weighted by molar-refractivity contribution is 4.93. The lowest BCUT2D eigenvalue weighted by Crippen LogP contribution is -2.02. The molecule has 1 N–H and O–H groups in total. The summed E-state index contributed by atoms with van der Waals surface area (Å²) in [5.41, 5.74) is 0. The van der Waals surface area contributed by atoms with Crippen LogP contribution in [-0.4, -0.2) is 16.2 Å². The molecule has 0 saturated carbocycles. The minimum atomic E-state index is -0.354. The van der Waals surface area contributed by atoms with Gasteiger partial charge in [0.05, 0.1) is 12.3 Å². The van der Waals surface area contributed by atoms with E-state index >= 15 is 0 Å². The lowest BCUT2D eigenvalue weighted by molar-refractivity contribution is 0.187. The van der Waals surface area contributed by atoms with Crippen LogP contribution in [-0.2, 0) is 6.42 Å². The lowest BCUT2D eigenvalue weighted by atomic mass is 10.2. The summed E-state index contributed by atoms with van der Waals surface area (Å²) in [6.07, 6.45) is 1.83. The first-order valence-corrected chi connectivity index (χ1v) is 3.28. The molecule has 10 heavy (non-hydrogen) atoms. The van der Waals surface area contributed by atoms with Crippen molar-refractivity contribution < 1.29 is 9.52 Å². The molecule has 0 amide bonds. The molecule has 0 aliphatic heterocycles. The smallest absolute Gasteiger partial charge is 0.191 e. The third-order valence-electron chi connectivity index (χ3n) is 1.17. The summed E-state index contributed by atoms with van der Waals surface area (Å²) in [6, 6.07) is 0. The molecule has 0 fully saturated rings. The molecule has 0 radical (unpaired) electrons. The van der Waals surface area contributed by atoms with Crippen molar-refractivity contribution in [3.05, 3.63) is 17.8 Å². The topological polar surface area (TPSA) is 46.3 Å². The minimum Gasteiger partial charge on any atom is -0.446 e. The van der Waals surface area contributed by atoms with Crippen LogP contribution in [0.3, 0.4) is 0 Å². The Labute approximate surface area is 59.7 Å². The highest BCUT2D eigenvalue weighted by atomic mass is 16.4. The first-order chi connectivity index (χ1) is 4.68. The number of aliphatic hydroxyl groups is 1. The maximum absolute atomic E-state index is 8.93. The Morgan fingerprint density at radius 1 is 1.80 bits per heavy atom. The van der Waals surface area contributed by atoms with Crippen LogP contribution < -0.4 is 0 Å². The van der Waals surface area contributed by atoms with E-state index < -0.39 is 0 Å². The number of aryl methyl sites for hydroxylation is 1. The Hall–Kier alpha value is -0.830. The standard InChI is InChI=1S/C7H11NO2/c1-5(9)3-7-4-8-6(2)10-7/h4-5,9H,3H2,1-2H3. The van der Waals surface area contributed by atoms with Gasteiger partial charge in [0, 0.05) is 13.3 Å². The third kappa shape index (κ3) is 1.84. The average molecular weight is 141 g/mol. The molecule has 3 heteroatoms. The number of rotatable bonds is 2. The highest BCUT2D eigenvalue weighted by Crippen LogP contribution is 2.04. The maximum atomic E-state index is 8.93. The van der Waals surface area contributed by atoms with Crippen molar-refractivity contribution in [2.75, 3.05) is 0 Å². The van der Waals surface area contributed by atoms with Gasteiger partial charge in [-0.1, -0.05) is 0 Å². The Morgan fingerprint density at radius 2 is 2.50 bits per heavy atom. The van der Waals surface area contributed by atoms with Gasteiger partial charge < -0.3 is 9.52 Å². The minimum absolute atomic E-state index is 0.354. The van der Waals surface area contributed by atoms with Crippen molar-refractivity contribution in [3.63, 3.8) is 0 Å². The Morgan fingerprint density at radius 3 is 2.90 bits per heavy atom. The maximum Gasteiger partial charge on any atom is 0.191 e. The summed E-state index contributed by atoms with van der Waals surface area (Å²) in [4.78, 5) is 3.89. The van der Waals surface area contributed by atoms with Gasteiger partial charge in [-0.05, 0) is 6.92 Å². The third-order valence-corrected chi connectivity index (χ3v) is 1.17. The monoisotopic (exact) mass is 141 g/mol. The van der Waals surface area contributed by atoms with Crippen LogP contribution in [0.2, 0.25) is 0 Å². The molecule has 1 atom stereocenters. The fraction of sp³-hybridized carbons (Fsp3) is 0.571. The second-order valence-corrected chi connectivity index (χ2v) is 2.40. The van der Waals surface area contributed by atoms with Crippen molar-refractivity contribution in [1.82, 2.24) is 4.98 Å². The molecule has 0 bridgehead atoms. The summed E-state index contributed by atoms with van der Waals surface area (Å²) in [5, 5.41) is 8.93. The molecular formula is C7H11NO2. The van der Waals surface area contributed by atoms with E-state index in [-0.39, 0.29) is 6.10 Å². The molecule has 0 spiro atoms. The van der Waals surface area contributed by atoms with Crippen molar-refractivity contribution in [2.24, 2.45) is 0 Å². The zero-order chi connectivity index (χ0) is 7.56. The molecule has 0 aliphatic rings. The van der Waals surface area contributed by atoms with Crippen LogP contribution in [0, 0.1) is 6.92 Å². The van der Waals surface area contributed by atoms with E-state index in [1.54, 1.807) is 20.0 Å². The fourth-order valence-corrected chi connectivity index (χ4v) is 0.791. The molecule has 1 rings (SSSR count). The van der Waals surface area contributed by atoms with Gasteiger partial charge in [-0.2, -0.15) is 0 Å². The van der Waals surface area contributed by atoms with Crippen LogP contribution in [0.4, 0.5) is 0 Å². The zero-order valence-corrected chi connectivity index (χ0v) is 6.16. The lowest BCUT2D eigenvalue weighted by Gasteiger charge is -1.97. The Kier molecular flexibility index (Phi) is 2.06. The second kappa shape index (κ2) is 2.84. The van der Waals surface area contributed by atoms with Gasteiger partial charge in [-0.3, -0.25) is 0 Å². The predicted molar refractivity (Wildman–Crippen MR) is 36.6 cm³/mol. The Bertz CT molecular complexity index is 205. The summed E-state index contributed by atoms with van der Waals surface area (Å²) in [7, 11) is 0. The van der Waals surface area contributed by atoms with Gasteiger partial charge >= 0.3 is 0 Å². The van der Waals surface area contributed by atoms with Crippen LogP contribution in [0.1, 0.15) is 18.6 Å². The Balaban J connectivity index is 2.58. The van der Waals surface area contributed by atoms with Crippen LogP contribution >= 0.6 is 0 Å². The molecule has 1 unspecified atom stereocenters. The molecule has 0 aromatic carbocycles. The molecule has 1 aromatic rings. The molecule has 3 nitrogen and oxygen atoms in total. The van der Waals surface area contributed by atoms with E-state index in [1.165, 1.54) is 0 Å². The van der Waals surface area contributed by atoms with E-state index in [2.05, 4.69) is 4.98 Å². The SMILES string of the molecule is Cc1ncc(CC(C)O)o1. The van der Waals surface area contributed by atoms with Gasteiger partial charge in [0.1, 0.15) is 5.76 Å². The quantitative estimate of drug-likeness (QED) is 0.665. The number of hydrogen-bond acceptors (Lipinski definition) is 3. The number of oxazole rings is 1. The summed E-state index contributed by atoms with van der Waals surface area (Å²) in [6.45, 7) is 3.50. The number of nitrogens with zero attached hydrogens (tertiary/aromatic N) is 1. The highest BCUT2D eigenvalue weighted by Gasteiger charge is 2.02. The summed E-state index contributed by atoms with van der Waals surface area (Å²) in [5.74, 6) is 1.39. The van der Waals surface area contributed by atoms with Crippen molar-refractivity contribution in [2.45, 2.75) is 26.4 Å². The van der Waals surface area contributed by atoms with Gasteiger partial charge in [-0.15, -0.1) is 0 Å². The molecule has 1 aromatic heterocycles. The number of aromatic nitrogens is 1. The molecule has 0 saturated heterocycles. The predicted octanol–water partition coefficient (Wildman–Crippen LogP) is 0.906. The largest absolute Gasteiger partial charge is 0.446 e. The van der Waals surface area contributed by atoms with Crippen LogP contribution in [0.15, 0.2) is 10.6 Å². The normalized spacial score (nSPS) is 13.5. The molecule has 0 aliphatic carbocycles. The van der Waals surface area contributed by atoms with Gasteiger partial charge in [-0.25, -0.2) is 4.98 Å². The van der Waals surface area contributed by atoms with Gasteiger partial charge in [0.2, 0.25) is 0 Å². The van der Waals surface area contributed by atoms with Crippen molar-refractivity contribution in [1.29, 1.82) is 0 Å². The molecule has 1 heterocycles. The van der Waals surface area contributed by atoms with E-state index in [0.29, 0.717) is 12.3 Å². The number of aliphatic hydroxyl groups excluding tert-OH is 1. The van der Waals surface area contributed by atoms with Crippen LogP contribution in [0.5, 0.6) is 0 Å². The average Bonchev–Trinajstić information content (AvgIpc) is 2.13. The summed E-state index contributed by atoms with van der Waals surface area (Å²) >= 11 is 0. The summed E-state index contributed by atoms with van der Waals surface area (Å²) < 4.78 is 5.12. The van der Waals surface area contributed by atoms with E-state index in [4.69, 9.17) is 9.52 Å². The second-order valence-electron chi connectivity index (χ2n) is 2.40. The van der Waals surface area contributed by atoms with E-state index in [9.17, 15) is 0 Å². The van der Waals surface area contributed by atoms with E-state index in [0.717, 1.165) is 5.76 Å². The first kappa shape index (κ1) is 7.28. The number of hydrogen-bond donors (Lipinski definition) is 1. The fourth-order valence-electron chi connectivity index (χ4n) is 0.791. The van der Waals surface area contributed by atoms with E-state index in [1.807, 2.05) is 0 Å². The van der Waals surface area contributed by atoms with Crippen molar-refractivity contribution >= 4 is 0 Å². The van der Waals surface area contributed by atoms with Crippen molar-refractivity contribution in [3.8, 4) is 0 Å². The first-order valence-electron chi connectivity index (χ1n) is 3.28. The van der Waals surface area contributed by atoms with Gasteiger partial charge in [0.25, 0.3) is 0 Å². The van der Waals surface area contributed by atoms with Gasteiger partial charge in [0.15, 0.2) is 5.89 Å². The molecule has 56 valence electrons.